The minimum absolute atomic E-state index is 0.315. The summed E-state index contributed by atoms with van der Waals surface area (Å²) in [5.74, 6) is 1.63. The lowest BCUT2D eigenvalue weighted by atomic mass is 9.82. The van der Waals surface area contributed by atoms with Crippen molar-refractivity contribution in [2.45, 2.75) is 58.5 Å². The van der Waals surface area contributed by atoms with Crippen molar-refractivity contribution >= 4 is 17.2 Å². The SMILES string of the molecule is CC1CC(C)CC(OCC2(CC(N)=S)CC2)C1. The molecule has 0 aromatic carbocycles. The second-order valence-corrected chi connectivity index (χ2v) is 7.02. The molecule has 2 aliphatic carbocycles. The average Bonchev–Trinajstić information content (AvgIpc) is 2.93. The Morgan fingerprint density at radius 1 is 1.24 bits per heavy atom. The molecule has 0 saturated heterocycles. The van der Waals surface area contributed by atoms with Gasteiger partial charge in [-0.2, -0.15) is 0 Å². The van der Waals surface area contributed by atoms with Crippen LogP contribution in [0.4, 0.5) is 0 Å². The maximum absolute atomic E-state index is 6.14. The topological polar surface area (TPSA) is 35.2 Å². The first kappa shape index (κ1) is 13.3. The minimum Gasteiger partial charge on any atom is -0.393 e. The average molecular weight is 255 g/mol. The largest absolute Gasteiger partial charge is 0.393 e. The van der Waals surface area contributed by atoms with Crippen molar-refractivity contribution in [3.05, 3.63) is 0 Å². The van der Waals surface area contributed by atoms with E-state index in [9.17, 15) is 0 Å². The van der Waals surface area contributed by atoms with E-state index in [1.807, 2.05) is 0 Å². The standard InChI is InChI=1S/C14H25NOS/c1-10-5-11(2)7-12(6-10)16-9-14(3-4-14)8-13(15)17/h10-12H,3-9H2,1-2H3,(H2,15,17). The fourth-order valence-corrected chi connectivity index (χ4v) is 3.53. The van der Waals surface area contributed by atoms with Crippen molar-refractivity contribution in [3.8, 4) is 0 Å². The van der Waals surface area contributed by atoms with Gasteiger partial charge >= 0.3 is 0 Å². The van der Waals surface area contributed by atoms with Crippen molar-refractivity contribution in [2.75, 3.05) is 6.61 Å². The van der Waals surface area contributed by atoms with Crippen LogP contribution in [-0.2, 0) is 4.74 Å². The monoisotopic (exact) mass is 255 g/mol. The number of rotatable bonds is 5. The number of hydrogen-bond donors (Lipinski definition) is 1. The molecule has 0 bridgehead atoms. The summed E-state index contributed by atoms with van der Waals surface area (Å²) in [4.78, 5) is 0.650. The molecule has 98 valence electrons. The Morgan fingerprint density at radius 3 is 2.29 bits per heavy atom. The first-order valence-electron chi connectivity index (χ1n) is 6.89. The molecule has 2 saturated carbocycles. The molecule has 0 aromatic heterocycles. The van der Waals surface area contributed by atoms with Gasteiger partial charge in [0.25, 0.3) is 0 Å². The second-order valence-electron chi connectivity index (χ2n) is 6.49. The lowest BCUT2D eigenvalue weighted by molar-refractivity contribution is -0.0195. The molecule has 0 radical (unpaired) electrons. The number of ether oxygens (including phenoxy) is 1. The Labute approximate surface area is 110 Å². The quantitative estimate of drug-likeness (QED) is 0.766. The van der Waals surface area contributed by atoms with Crippen LogP contribution in [0.15, 0.2) is 0 Å². The Morgan fingerprint density at radius 2 is 1.82 bits per heavy atom. The maximum Gasteiger partial charge on any atom is 0.0733 e. The van der Waals surface area contributed by atoms with Crippen LogP contribution in [0.25, 0.3) is 0 Å². The summed E-state index contributed by atoms with van der Waals surface area (Å²) >= 11 is 5.01. The van der Waals surface area contributed by atoms with Gasteiger partial charge < -0.3 is 10.5 Å². The van der Waals surface area contributed by atoms with Crippen LogP contribution in [0.2, 0.25) is 0 Å². The van der Waals surface area contributed by atoms with Crippen LogP contribution in [-0.4, -0.2) is 17.7 Å². The normalized spacial score (nSPS) is 35.5. The number of thiocarbonyl (C=S) groups is 1. The van der Waals surface area contributed by atoms with Gasteiger partial charge in [-0.25, -0.2) is 0 Å². The van der Waals surface area contributed by atoms with Crippen molar-refractivity contribution in [1.82, 2.24) is 0 Å². The zero-order valence-corrected chi connectivity index (χ0v) is 11.9. The van der Waals surface area contributed by atoms with E-state index in [1.54, 1.807) is 0 Å². The third-order valence-corrected chi connectivity index (χ3v) is 4.41. The third-order valence-electron chi connectivity index (χ3n) is 4.27. The van der Waals surface area contributed by atoms with Gasteiger partial charge in [0.15, 0.2) is 0 Å². The van der Waals surface area contributed by atoms with Gasteiger partial charge in [0.2, 0.25) is 0 Å². The molecular weight excluding hydrogens is 230 g/mol. The Kier molecular flexibility index (Phi) is 4.09. The van der Waals surface area contributed by atoms with Gasteiger partial charge in [-0.3, -0.25) is 0 Å². The second kappa shape index (κ2) is 5.23. The molecule has 2 fully saturated rings. The zero-order valence-electron chi connectivity index (χ0n) is 11.1. The van der Waals surface area contributed by atoms with Crippen LogP contribution in [0.5, 0.6) is 0 Å². The molecule has 2 N–H and O–H groups in total. The highest BCUT2D eigenvalue weighted by molar-refractivity contribution is 7.80. The molecule has 0 amide bonds. The molecule has 3 heteroatoms. The van der Waals surface area contributed by atoms with E-state index in [0.717, 1.165) is 24.9 Å². The van der Waals surface area contributed by atoms with Crippen LogP contribution in [0, 0.1) is 17.3 Å². The van der Waals surface area contributed by atoms with E-state index in [1.165, 1.54) is 32.1 Å². The smallest absolute Gasteiger partial charge is 0.0733 e. The van der Waals surface area contributed by atoms with E-state index in [-0.39, 0.29) is 0 Å². The highest BCUT2D eigenvalue weighted by atomic mass is 32.1. The summed E-state index contributed by atoms with van der Waals surface area (Å²) in [5.41, 5.74) is 5.96. The van der Waals surface area contributed by atoms with Crippen molar-refractivity contribution < 1.29 is 4.74 Å². The van der Waals surface area contributed by atoms with Gasteiger partial charge in [-0.05, 0) is 43.9 Å². The molecule has 2 atom stereocenters. The Hall–Kier alpha value is -0.150. The fraction of sp³-hybridized carbons (Fsp3) is 0.929. The van der Waals surface area contributed by atoms with Gasteiger partial charge in [-0.15, -0.1) is 0 Å². The fourth-order valence-electron chi connectivity index (χ4n) is 3.22. The maximum atomic E-state index is 6.14. The van der Waals surface area contributed by atoms with Gasteiger partial charge in [0, 0.05) is 11.8 Å². The highest BCUT2D eigenvalue weighted by Crippen LogP contribution is 2.49. The minimum atomic E-state index is 0.315. The Balaban J connectivity index is 1.76. The molecule has 2 nitrogen and oxygen atoms in total. The van der Waals surface area contributed by atoms with E-state index in [2.05, 4.69) is 13.8 Å². The molecule has 2 rings (SSSR count). The highest BCUT2D eigenvalue weighted by Gasteiger charge is 2.44. The molecule has 0 heterocycles. The summed E-state index contributed by atoms with van der Waals surface area (Å²) in [6.45, 7) is 5.55. The molecule has 0 aromatic rings. The van der Waals surface area contributed by atoms with Crippen molar-refractivity contribution in [3.63, 3.8) is 0 Å². The van der Waals surface area contributed by atoms with Crippen LogP contribution >= 0.6 is 12.2 Å². The lowest BCUT2D eigenvalue weighted by Gasteiger charge is -2.32. The van der Waals surface area contributed by atoms with Crippen LogP contribution in [0.1, 0.15) is 52.4 Å². The predicted octanol–water partition coefficient (Wildman–Crippen LogP) is 3.28. The lowest BCUT2D eigenvalue weighted by Crippen LogP contribution is -2.29. The predicted molar refractivity (Wildman–Crippen MR) is 75.0 cm³/mol. The first-order valence-corrected chi connectivity index (χ1v) is 7.30. The zero-order chi connectivity index (χ0) is 12.5. The summed E-state index contributed by atoms with van der Waals surface area (Å²) < 4.78 is 6.14. The molecule has 0 aliphatic heterocycles. The number of hydrogen-bond acceptors (Lipinski definition) is 2. The van der Waals surface area contributed by atoms with Crippen LogP contribution < -0.4 is 5.73 Å². The van der Waals surface area contributed by atoms with E-state index < -0.39 is 0 Å². The van der Waals surface area contributed by atoms with E-state index in [4.69, 9.17) is 22.7 Å². The van der Waals surface area contributed by atoms with Crippen molar-refractivity contribution in [1.29, 1.82) is 0 Å². The Bertz CT molecular complexity index is 278. The summed E-state index contributed by atoms with van der Waals surface area (Å²) in [6, 6.07) is 0. The summed E-state index contributed by atoms with van der Waals surface area (Å²) in [7, 11) is 0. The van der Waals surface area contributed by atoms with Crippen LogP contribution in [0.3, 0.4) is 0 Å². The van der Waals surface area contributed by atoms with E-state index >= 15 is 0 Å². The van der Waals surface area contributed by atoms with Gasteiger partial charge in [-0.1, -0.05) is 26.1 Å². The van der Waals surface area contributed by atoms with Gasteiger partial charge in [0.1, 0.15) is 0 Å². The summed E-state index contributed by atoms with van der Waals surface area (Å²) in [5, 5.41) is 0. The first-order chi connectivity index (χ1) is 7.99. The molecular formula is C14H25NOS. The van der Waals surface area contributed by atoms with E-state index in [0.29, 0.717) is 16.5 Å². The van der Waals surface area contributed by atoms with Crippen molar-refractivity contribution in [2.24, 2.45) is 23.0 Å². The number of nitrogens with two attached hydrogens (primary N) is 1. The molecule has 2 aliphatic rings. The van der Waals surface area contributed by atoms with Gasteiger partial charge in [0.05, 0.1) is 17.7 Å². The third kappa shape index (κ3) is 3.92. The summed E-state index contributed by atoms with van der Waals surface area (Å²) in [6.07, 6.45) is 7.64. The molecule has 2 unspecified atom stereocenters. The molecule has 0 spiro atoms. The molecule has 17 heavy (non-hydrogen) atoms.